The first-order valence-corrected chi connectivity index (χ1v) is 10.5. The van der Waals surface area contributed by atoms with E-state index in [1.165, 1.54) is 0 Å². The normalized spacial score (nSPS) is 11.1. The van der Waals surface area contributed by atoms with E-state index in [1.807, 2.05) is 63.2 Å². The van der Waals surface area contributed by atoms with Gasteiger partial charge in [-0.1, -0.05) is 56.3 Å². The maximum atomic E-state index is 12.4. The third-order valence-electron chi connectivity index (χ3n) is 4.99. The van der Waals surface area contributed by atoms with Gasteiger partial charge < -0.3 is 14.0 Å². The molecule has 3 aromatic rings. The second-order valence-electron chi connectivity index (χ2n) is 6.79. The molecule has 0 N–H and O–H groups in total. The van der Waals surface area contributed by atoms with Gasteiger partial charge in [0.2, 0.25) is 0 Å². The minimum absolute atomic E-state index is 0.0175. The van der Waals surface area contributed by atoms with Crippen LogP contribution in [0.15, 0.2) is 54.7 Å². The van der Waals surface area contributed by atoms with Crippen LogP contribution in [0.1, 0.15) is 55.4 Å². The van der Waals surface area contributed by atoms with Crippen LogP contribution in [0.4, 0.5) is 0 Å². The Kier molecular flexibility index (Phi) is 8.60. The summed E-state index contributed by atoms with van der Waals surface area (Å²) in [5, 5.41) is 9.54. The van der Waals surface area contributed by atoms with Gasteiger partial charge in [-0.15, -0.1) is 0 Å². The number of ether oxygens (including phenoxy) is 2. The Morgan fingerprint density at radius 2 is 1.74 bits per heavy atom. The third kappa shape index (κ3) is 5.22. The summed E-state index contributed by atoms with van der Waals surface area (Å²) in [6.45, 7) is 8.05. The number of hydrogen-bond acceptors (Lipinski definition) is 4. The van der Waals surface area contributed by atoms with Crippen LogP contribution in [0, 0.1) is 11.3 Å². The largest absolute Gasteiger partial charge is 0.461 e. The molecule has 5 nitrogen and oxygen atoms in total. The number of nitriles is 1. The first kappa shape index (κ1) is 23.9. The van der Waals surface area contributed by atoms with Crippen molar-refractivity contribution >= 4 is 5.97 Å². The first-order chi connectivity index (χ1) is 15.0. The predicted octanol–water partition coefficient (Wildman–Crippen LogP) is 6.14. The maximum absolute atomic E-state index is 12.4. The molecular formula is C26H30N2O3. The number of nitrogens with zero attached hydrogens (tertiary/aromatic N) is 2. The van der Waals surface area contributed by atoms with Gasteiger partial charge in [-0.3, -0.25) is 0 Å². The van der Waals surface area contributed by atoms with E-state index in [1.54, 1.807) is 31.8 Å². The summed E-state index contributed by atoms with van der Waals surface area (Å²) in [6, 6.07) is 18.2. The summed E-state index contributed by atoms with van der Waals surface area (Å²) in [4.78, 5) is 12.4. The lowest BCUT2D eigenvalue weighted by Gasteiger charge is -2.12. The molecule has 2 aromatic carbocycles. The van der Waals surface area contributed by atoms with Gasteiger partial charge in [0.25, 0.3) is 0 Å². The van der Waals surface area contributed by atoms with Gasteiger partial charge in [0.05, 0.1) is 18.3 Å². The van der Waals surface area contributed by atoms with Gasteiger partial charge >= 0.3 is 5.97 Å². The molecule has 31 heavy (non-hydrogen) atoms. The monoisotopic (exact) mass is 418 g/mol. The molecule has 3 rings (SSSR count). The average molecular weight is 419 g/mol. The minimum Gasteiger partial charge on any atom is -0.461 e. The van der Waals surface area contributed by atoms with Crippen molar-refractivity contribution in [3.05, 3.63) is 71.5 Å². The van der Waals surface area contributed by atoms with Crippen molar-refractivity contribution in [2.45, 2.75) is 33.8 Å². The highest BCUT2D eigenvalue weighted by Gasteiger charge is 2.22. The molecule has 0 saturated heterocycles. The van der Waals surface area contributed by atoms with Gasteiger partial charge in [-0.25, -0.2) is 4.79 Å². The molecule has 0 radical (unpaired) electrons. The van der Waals surface area contributed by atoms with Crippen molar-refractivity contribution in [2.24, 2.45) is 7.05 Å². The number of esters is 1. The van der Waals surface area contributed by atoms with Crippen LogP contribution < -0.4 is 0 Å². The Hall–Kier alpha value is -3.36. The van der Waals surface area contributed by atoms with Crippen LogP contribution in [-0.2, 0) is 16.5 Å². The van der Waals surface area contributed by atoms with E-state index in [9.17, 15) is 10.1 Å². The number of hydrogen-bond donors (Lipinski definition) is 0. The number of carbonyl (C=O) groups is 1. The van der Waals surface area contributed by atoms with E-state index >= 15 is 0 Å². The molecule has 0 saturated carbocycles. The Morgan fingerprint density at radius 1 is 1.10 bits per heavy atom. The topological polar surface area (TPSA) is 64.2 Å². The zero-order chi connectivity index (χ0) is 23.0. The fraction of sp³-hybridized carbons (Fsp3) is 0.308. The number of benzene rings is 2. The Labute approximate surface area is 184 Å². The average Bonchev–Trinajstić information content (AvgIpc) is 3.16. The Balaban J connectivity index is 0.00000166. The first-order valence-electron chi connectivity index (χ1n) is 10.5. The molecule has 0 aliphatic carbocycles. The van der Waals surface area contributed by atoms with Crippen molar-refractivity contribution in [3.8, 4) is 28.3 Å². The second-order valence-corrected chi connectivity index (χ2v) is 6.79. The number of carbonyl (C=O) groups excluding carboxylic acids is 1. The highest BCUT2D eigenvalue weighted by atomic mass is 16.5. The molecule has 1 aromatic heterocycles. The van der Waals surface area contributed by atoms with Gasteiger partial charge in [-0.05, 0) is 42.2 Å². The summed E-state index contributed by atoms with van der Waals surface area (Å²) < 4.78 is 12.2. The van der Waals surface area contributed by atoms with E-state index < -0.39 is 5.97 Å². The van der Waals surface area contributed by atoms with E-state index in [0.29, 0.717) is 16.8 Å². The van der Waals surface area contributed by atoms with Gasteiger partial charge in [-0.2, -0.15) is 5.26 Å². The molecule has 0 bridgehead atoms. The molecule has 0 spiro atoms. The lowest BCUT2D eigenvalue weighted by Crippen LogP contribution is -2.10. The predicted molar refractivity (Wildman–Crippen MR) is 124 cm³/mol. The van der Waals surface area contributed by atoms with Crippen molar-refractivity contribution < 1.29 is 14.3 Å². The molecule has 0 amide bonds. The fourth-order valence-electron chi connectivity index (χ4n) is 3.39. The van der Waals surface area contributed by atoms with Crippen LogP contribution in [0.25, 0.3) is 22.3 Å². The van der Waals surface area contributed by atoms with Crippen molar-refractivity contribution in [3.63, 3.8) is 0 Å². The molecule has 5 heteroatoms. The molecule has 1 atom stereocenters. The fourth-order valence-corrected chi connectivity index (χ4v) is 3.39. The summed E-state index contributed by atoms with van der Waals surface area (Å²) in [6.07, 6.45) is 1.68. The van der Waals surface area contributed by atoms with Crippen LogP contribution in [0.3, 0.4) is 0 Å². The van der Waals surface area contributed by atoms with E-state index in [4.69, 9.17) is 9.47 Å². The molecule has 0 aliphatic heterocycles. The summed E-state index contributed by atoms with van der Waals surface area (Å²) in [5.74, 6) is -0.433. The molecule has 0 aliphatic rings. The van der Waals surface area contributed by atoms with Crippen molar-refractivity contribution in [1.29, 1.82) is 5.26 Å². The summed E-state index contributed by atoms with van der Waals surface area (Å²) in [5.41, 5.74) is 5.46. The zero-order valence-electron chi connectivity index (χ0n) is 19.1. The standard InChI is InChI=1S/C24H24N2O3.C2H6/c1-5-29-24(27)23-22(21(14-25)15-26(23)3)18-11-9-17(10-12-18)20-8-6-7-19(13-20)16(2)28-4;1-2/h6-13,15-16H,5H2,1-4H3;1-2H3. The zero-order valence-corrected chi connectivity index (χ0v) is 19.1. The van der Waals surface area contributed by atoms with Crippen LogP contribution in [0.2, 0.25) is 0 Å². The molecule has 1 unspecified atom stereocenters. The number of rotatable bonds is 6. The lowest BCUT2D eigenvalue weighted by molar-refractivity contribution is 0.0516. The number of aryl methyl sites for hydroxylation is 1. The van der Waals surface area contributed by atoms with Crippen LogP contribution >= 0.6 is 0 Å². The lowest BCUT2D eigenvalue weighted by atomic mass is 9.97. The van der Waals surface area contributed by atoms with Crippen molar-refractivity contribution in [2.75, 3.05) is 13.7 Å². The molecule has 1 heterocycles. The van der Waals surface area contributed by atoms with Gasteiger partial charge in [0.15, 0.2) is 0 Å². The minimum atomic E-state index is -0.433. The highest BCUT2D eigenvalue weighted by Crippen LogP contribution is 2.32. The third-order valence-corrected chi connectivity index (χ3v) is 4.99. The SMILES string of the molecule is CC.CCOC(=O)c1c(-c2ccc(-c3cccc(C(C)OC)c3)cc2)c(C#N)cn1C. The highest BCUT2D eigenvalue weighted by molar-refractivity contribution is 5.98. The number of methoxy groups -OCH3 is 1. The van der Waals surface area contributed by atoms with Gasteiger partial charge in [0, 0.05) is 25.9 Å². The Morgan fingerprint density at radius 3 is 2.32 bits per heavy atom. The molecule has 162 valence electrons. The Bertz CT molecular complexity index is 1060. The maximum Gasteiger partial charge on any atom is 0.355 e. The summed E-state index contributed by atoms with van der Waals surface area (Å²) in [7, 11) is 3.44. The van der Waals surface area contributed by atoms with Crippen LogP contribution in [0.5, 0.6) is 0 Å². The second kappa shape index (κ2) is 11.1. The molecular weight excluding hydrogens is 388 g/mol. The van der Waals surface area contributed by atoms with E-state index in [0.717, 1.165) is 22.3 Å². The number of aromatic nitrogens is 1. The van der Waals surface area contributed by atoms with Crippen molar-refractivity contribution in [1.82, 2.24) is 4.57 Å². The molecule has 0 fully saturated rings. The smallest absolute Gasteiger partial charge is 0.355 e. The quantitative estimate of drug-likeness (QED) is 0.451. The van der Waals surface area contributed by atoms with Crippen LogP contribution in [-0.4, -0.2) is 24.3 Å². The van der Waals surface area contributed by atoms with E-state index in [2.05, 4.69) is 12.1 Å². The summed E-state index contributed by atoms with van der Waals surface area (Å²) >= 11 is 0. The van der Waals surface area contributed by atoms with E-state index in [-0.39, 0.29) is 12.7 Å². The van der Waals surface area contributed by atoms with Gasteiger partial charge in [0.1, 0.15) is 11.8 Å².